The Bertz CT molecular complexity index is 238. The van der Waals surface area contributed by atoms with Gasteiger partial charge >= 0.3 is 5.97 Å². The molecule has 16 heavy (non-hydrogen) atoms. The zero-order valence-corrected chi connectivity index (χ0v) is 9.69. The summed E-state index contributed by atoms with van der Waals surface area (Å²) >= 11 is 0. The SMILES string of the molecule is NC1CCCC1C(=O)OCC1CCCCO1. The first kappa shape index (κ1) is 11.9. The molecule has 0 aromatic heterocycles. The molecule has 3 atom stereocenters. The van der Waals surface area contributed by atoms with Crippen molar-refractivity contribution in [2.24, 2.45) is 11.7 Å². The fourth-order valence-electron chi connectivity index (χ4n) is 2.50. The van der Waals surface area contributed by atoms with Crippen LogP contribution in [0, 0.1) is 5.92 Å². The third-order valence-corrected chi connectivity index (χ3v) is 3.56. The normalized spacial score (nSPS) is 34.9. The van der Waals surface area contributed by atoms with Gasteiger partial charge in [0.15, 0.2) is 0 Å². The van der Waals surface area contributed by atoms with E-state index in [1.54, 1.807) is 0 Å². The number of hydrogen-bond acceptors (Lipinski definition) is 4. The van der Waals surface area contributed by atoms with Gasteiger partial charge in [-0.2, -0.15) is 0 Å². The summed E-state index contributed by atoms with van der Waals surface area (Å²) in [5.41, 5.74) is 5.86. The van der Waals surface area contributed by atoms with Gasteiger partial charge in [0.2, 0.25) is 0 Å². The standard InChI is InChI=1S/C12H21NO3/c13-11-6-3-5-10(11)12(14)16-8-9-4-1-2-7-15-9/h9-11H,1-8,13H2. The van der Waals surface area contributed by atoms with Crippen molar-refractivity contribution >= 4 is 5.97 Å². The molecule has 2 N–H and O–H groups in total. The summed E-state index contributed by atoms with van der Waals surface area (Å²) in [6.07, 6.45) is 6.27. The first-order chi connectivity index (χ1) is 7.77. The molecule has 0 radical (unpaired) electrons. The lowest BCUT2D eigenvalue weighted by atomic mass is 10.1. The highest BCUT2D eigenvalue weighted by atomic mass is 16.6. The van der Waals surface area contributed by atoms with Gasteiger partial charge in [-0.1, -0.05) is 6.42 Å². The quantitative estimate of drug-likeness (QED) is 0.736. The topological polar surface area (TPSA) is 61.6 Å². The van der Waals surface area contributed by atoms with E-state index in [-0.39, 0.29) is 24.0 Å². The molecule has 1 saturated heterocycles. The molecular weight excluding hydrogens is 206 g/mol. The van der Waals surface area contributed by atoms with E-state index in [0.717, 1.165) is 38.7 Å². The molecule has 3 unspecified atom stereocenters. The van der Waals surface area contributed by atoms with E-state index in [2.05, 4.69) is 0 Å². The fraction of sp³-hybridized carbons (Fsp3) is 0.917. The summed E-state index contributed by atoms with van der Waals surface area (Å²) < 4.78 is 10.8. The average molecular weight is 227 g/mol. The molecule has 2 aliphatic rings. The highest BCUT2D eigenvalue weighted by Gasteiger charge is 2.32. The van der Waals surface area contributed by atoms with Crippen molar-refractivity contribution in [2.45, 2.75) is 50.7 Å². The van der Waals surface area contributed by atoms with Crippen molar-refractivity contribution < 1.29 is 14.3 Å². The number of carbonyl (C=O) groups excluding carboxylic acids is 1. The summed E-state index contributed by atoms with van der Waals surface area (Å²) in [6.45, 7) is 1.20. The summed E-state index contributed by atoms with van der Waals surface area (Å²) in [5, 5.41) is 0. The minimum atomic E-state index is -0.126. The van der Waals surface area contributed by atoms with Crippen LogP contribution < -0.4 is 5.73 Å². The maximum absolute atomic E-state index is 11.7. The Kier molecular flexibility index (Phi) is 4.18. The third-order valence-electron chi connectivity index (χ3n) is 3.56. The summed E-state index contributed by atoms with van der Waals surface area (Å²) in [5.74, 6) is -0.206. The lowest BCUT2D eigenvalue weighted by Gasteiger charge is -2.23. The van der Waals surface area contributed by atoms with Gasteiger partial charge in [0.05, 0.1) is 12.0 Å². The molecule has 0 bridgehead atoms. The maximum Gasteiger partial charge on any atom is 0.310 e. The second-order valence-electron chi connectivity index (χ2n) is 4.82. The Balaban J connectivity index is 1.70. The van der Waals surface area contributed by atoms with E-state index in [9.17, 15) is 4.79 Å². The van der Waals surface area contributed by atoms with Gasteiger partial charge in [-0.05, 0) is 32.1 Å². The molecule has 0 amide bonds. The zero-order valence-electron chi connectivity index (χ0n) is 9.69. The van der Waals surface area contributed by atoms with Crippen LogP contribution in [0.5, 0.6) is 0 Å². The lowest BCUT2D eigenvalue weighted by Crippen LogP contribution is -2.34. The third kappa shape index (κ3) is 2.95. The number of hydrogen-bond donors (Lipinski definition) is 1. The number of rotatable bonds is 3. The lowest BCUT2D eigenvalue weighted by molar-refractivity contribution is -0.154. The Morgan fingerprint density at radius 3 is 2.75 bits per heavy atom. The van der Waals surface area contributed by atoms with Crippen LogP contribution in [0.25, 0.3) is 0 Å². The van der Waals surface area contributed by atoms with Gasteiger partial charge in [0.25, 0.3) is 0 Å². The number of carbonyl (C=O) groups is 1. The van der Waals surface area contributed by atoms with Crippen molar-refractivity contribution in [3.8, 4) is 0 Å². The van der Waals surface area contributed by atoms with Crippen molar-refractivity contribution in [2.75, 3.05) is 13.2 Å². The summed E-state index contributed by atoms with van der Waals surface area (Å²) in [6, 6.07) is -0.000209. The van der Waals surface area contributed by atoms with Crippen LogP contribution >= 0.6 is 0 Å². The second kappa shape index (κ2) is 5.64. The number of esters is 1. The fourth-order valence-corrected chi connectivity index (χ4v) is 2.50. The van der Waals surface area contributed by atoms with Gasteiger partial charge < -0.3 is 15.2 Å². The highest BCUT2D eigenvalue weighted by molar-refractivity contribution is 5.73. The molecule has 1 heterocycles. The Morgan fingerprint density at radius 2 is 2.12 bits per heavy atom. The van der Waals surface area contributed by atoms with Crippen LogP contribution in [0.15, 0.2) is 0 Å². The molecule has 1 aliphatic carbocycles. The summed E-state index contributed by atoms with van der Waals surface area (Å²) in [7, 11) is 0. The maximum atomic E-state index is 11.7. The molecule has 4 nitrogen and oxygen atoms in total. The Morgan fingerprint density at radius 1 is 1.25 bits per heavy atom. The van der Waals surface area contributed by atoms with Gasteiger partial charge in [0.1, 0.15) is 6.61 Å². The van der Waals surface area contributed by atoms with E-state index < -0.39 is 0 Å². The van der Waals surface area contributed by atoms with Crippen LogP contribution in [0.4, 0.5) is 0 Å². The molecular formula is C12H21NO3. The second-order valence-corrected chi connectivity index (χ2v) is 4.82. The monoisotopic (exact) mass is 227 g/mol. The molecule has 92 valence electrons. The smallest absolute Gasteiger partial charge is 0.310 e. The summed E-state index contributed by atoms with van der Waals surface area (Å²) in [4.78, 5) is 11.7. The van der Waals surface area contributed by atoms with Crippen LogP contribution in [0.3, 0.4) is 0 Å². The predicted octanol–water partition coefficient (Wildman–Crippen LogP) is 1.23. The van der Waals surface area contributed by atoms with E-state index in [0.29, 0.717) is 6.61 Å². The van der Waals surface area contributed by atoms with Gasteiger partial charge in [0, 0.05) is 12.6 Å². The van der Waals surface area contributed by atoms with Crippen LogP contribution in [-0.4, -0.2) is 31.3 Å². The largest absolute Gasteiger partial charge is 0.463 e. The minimum absolute atomic E-state index is 0.000209. The average Bonchev–Trinajstić information content (AvgIpc) is 2.74. The van der Waals surface area contributed by atoms with Crippen molar-refractivity contribution in [3.63, 3.8) is 0 Å². The van der Waals surface area contributed by atoms with Crippen molar-refractivity contribution in [3.05, 3.63) is 0 Å². The number of ether oxygens (including phenoxy) is 2. The molecule has 4 heteroatoms. The van der Waals surface area contributed by atoms with Gasteiger partial charge in [-0.15, -0.1) is 0 Å². The predicted molar refractivity (Wildman–Crippen MR) is 59.9 cm³/mol. The van der Waals surface area contributed by atoms with Crippen LogP contribution in [-0.2, 0) is 14.3 Å². The Labute approximate surface area is 96.5 Å². The Hall–Kier alpha value is -0.610. The molecule has 0 spiro atoms. The molecule has 2 rings (SSSR count). The zero-order chi connectivity index (χ0) is 11.4. The molecule has 0 aromatic rings. The molecule has 1 saturated carbocycles. The van der Waals surface area contributed by atoms with Gasteiger partial charge in [-0.3, -0.25) is 4.79 Å². The highest BCUT2D eigenvalue weighted by Crippen LogP contribution is 2.25. The van der Waals surface area contributed by atoms with Gasteiger partial charge in [-0.25, -0.2) is 0 Å². The van der Waals surface area contributed by atoms with E-state index in [4.69, 9.17) is 15.2 Å². The van der Waals surface area contributed by atoms with E-state index in [1.807, 2.05) is 0 Å². The molecule has 2 fully saturated rings. The van der Waals surface area contributed by atoms with E-state index >= 15 is 0 Å². The van der Waals surface area contributed by atoms with Crippen molar-refractivity contribution in [1.82, 2.24) is 0 Å². The molecule has 1 aliphatic heterocycles. The molecule has 0 aromatic carbocycles. The van der Waals surface area contributed by atoms with Crippen LogP contribution in [0.1, 0.15) is 38.5 Å². The van der Waals surface area contributed by atoms with E-state index in [1.165, 1.54) is 6.42 Å². The van der Waals surface area contributed by atoms with Crippen molar-refractivity contribution in [1.29, 1.82) is 0 Å². The van der Waals surface area contributed by atoms with Crippen LogP contribution in [0.2, 0.25) is 0 Å². The first-order valence-electron chi connectivity index (χ1n) is 6.31. The minimum Gasteiger partial charge on any atom is -0.463 e. The first-order valence-corrected chi connectivity index (χ1v) is 6.31. The number of nitrogens with two attached hydrogens (primary N) is 1.